The highest BCUT2D eigenvalue weighted by Gasteiger charge is 2.30. The average Bonchev–Trinajstić information content (AvgIpc) is 3.54. The highest BCUT2D eigenvalue weighted by molar-refractivity contribution is 7.92. The van der Waals surface area contributed by atoms with E-state index in [1.54, 1.807) is 24.3 Å². The van der Waals surface area contributed by atoms with Gasteiger partial charge in [0.2, 0.25) is 0 Å². The third-order valence-electron chi connectivity index (χ3n) is 7.84. The molecule has 1 fully saturated rings. The maximum absolute atomic E-state index is 12.7. The van der Waals surface area contributed by atoms with Gasteiger partial charge in [-0.25, -0.2) is 8.42 Å². The molecule has 1 aliphatic carbocycles. The first-order valence-electron chi connectivity index (χ1n) is 14.7. The summed E-state index contributed by atoms with van der Waals surface area (Å²) in [4.78, 5) is 0.457. The van der Waals surface area contributed by atoms with Crippen LogP contribution in [0.15, 0.2) is 71.6 Å². The number of sulfone groups is 1. The second kappa shape index (κ2) is 15.5. The van der Waals surface area contributed by atoms with E-state index in [4.69, 9.17) is 4.74 Å². The van der Waals surface area contributed by atoms with Gasteiger partial charge in [0.05, 0.1) is 29.5 Å². The summed E-state index contributed by atoms with van der Waals surface area (Å²) >= 11 is 0. The summed E-state index contributed by atoms with van der Waals surface area (Å²) in [5, 5.41) is 32.5. The quantitative estimate of drug-likeness (QED) is 0.176. The van der Waals surface area contributed by atoms with Crippen LogP contribution < -0.4 is 5.32 Å². The van der Waals surface area contributed by atoms with Crippen LogP contribution in [0, 0.1) is 0 Å². The molecule has 1 atom stereocenters. The molecule has 0 bridgehead atoms. The van der Waals surface area contributed by atoms with E-state index in [0.29, 0.717) is 42.3 Å². The van der Waals surface area contributed by atoms with Crippen LogP contribution >= 0.6 is 0 Å². The molecule has 4 rings (SSSR count). The van der Waals surface area contributed by atoms with Gasteiger partial charge in [-0.05, 0) is 91.6 Å². The lowest BCUT2D eigenvalue weighted by molar-refractivity contribution is 0.117. The van der Waals surface area contributed by atoms with E-state index < -0.39 is 15.9 Å². The molecule has 3 aromatic rings. The average molecular weight is 582 g/mol. The highest BCUT2D eigenvalue weighted by atomic mass is 32.2. The molecular weight excluding hydrogens is 538 g/mol. The zero-order valence-electron chi connectivity index (χ0n) is 23.7. The summed E-state index contributed by atoms with van der Waals surface area (Å²) in [6.45, 7) is 2.04. The highest BCUT2D eigenvalue weighted by Crippen LogP contribution is 2.29. The van der Waals surface area contributed by atoms with Crippen molar-refractivity contribution in [1.82, 2.24) is 5.32 Å². The van der Waals surface area contributed by atoms with Gasteiger partial charge in [0.15, 0.2) is 9.84 Å². The number of ether oxygens (including phenoxy) is 1. The monoisotopic (exact) mass is 581 g/mol. The molecule has 8 heteroatoms. The fourth-order valence-corrected chi connectivity index (χ4v) is 7.22. The van der Waals surface area contributed by atoms with E-state index in [9.17, 15) is 23.7 Å². The summed E-state index contributed by atoms with van der Waals surface area (Å²) in [5.74, 6) is 0.0245. The van der Waals surface area contributed by atoms with E-state index in [-0.39, 0.29) is 17.6 Å². The van der Waals surface area contributed by atoms with E-state index in [1.165, 1.54) is 11.6 Å². The van der Waals surface area contributed by atoms with Gasteiger partial charge >= 0.3 is 0 Å². The Kier molecular flexibility index (Phi) is 11.8. The predicted octanol–water partition coefficient (Wildman–Crippen LogP) is 5.01. The van der Waals surface area contributed by atoms with Crippen LogP contribution in [0.3, 0.4) is 0 Å². The number of hydrogen-bond acceptors (Lipinski definition) is 7. The van der Waals surface area contributed by atoms with E-state index in [2.05, 4.69) is 23.5 Å². The van der Waals surface area contributed by atoms with Gasteiger partial charge in [-0.3, -0.25) is 0 Å². The van der Waals surface area contributed by atoms with Crippen molar-refractivity contribution < 1.29 is 28.5 Å². The Hall–Kier alpha value is -2.75. The molecule has 222 valence electrons. The van der Waals surface area contributed by atoms with Crippen molar-refractivity contribution in [1.29, 1.82) is 0 Å². The van der Waals surface area contributed by atoms with Crippen molar-refractivity contribution in [2.24, 2.45) is 0 Å². The number of rotatable bonds is 16. The molecule has 0 unspecified atom stereocenters. The molecule has 41 heavy (non-hydrogen) atoms. The fraction of sp³-hybridized carbons (Fsp3) is 0.455. The first-order valence-corrected chi connectivity index (χ1v) is 16.2. The number of aliphatic hydroxyl groups is 2. The zero-order valence-corrected chi connectivity index (χ0v) is 24.5. The fourth-order valence-electron chi connectivity index (χ4n) is 5.36. The van der Waals surface area contributed by atoms with Crippen molar-refractivity contribution >= 4 is 9.84 Å². The maximum Gasteiger partial charge on any atom is 0.181 e. The number of aliphatic hydroxyl groups excluding tert-OH is 2. The summed E-state index contributed by atoms with van der Waals surface area (Å²) < 4.78 is 31.4. The van der Waals surface area contributed by atoms with E-state index >= 15 is 0 Å². The number of phenols is 1. The second-order valence-electron chi connectivity index (χ2n) is 10.9. The lowest BCUT2D eigenvalue weighted by Gasteiger charge is -2.14. The Balaban J connectivity index is 1.10. The zero-order chi connectivity index (χ0) is 29.1. The number of benzene rings is 3. The molecule has 0 saturated heterocycles. The number of aryl methyl sites for hydroxylation is 1. The number of hydrogen-bond donors (Lipinski definition) is 4. The molecule has 3 aromatic carbocycles. The van der Waals surface area contributed by atoms with Crippen LogP contribution in [0.1, 0.15) is 72.4 Å². The van der Waals surface area contributed by atoms with Crippen LogP contribution in [0.25, 0.3) is 0 Å². The largest absolute Gasteiger partial charge is 0.508 e. The lowest BCUT2D eigenvalue weighted by atomic mass is 10.0. The SMILES string of the molecule is O=S(=O)(c1ccc(CCCCOCc2cccc(CCNC[C@H](O)c3ccc(O)c(CO)c3)c2)cc1)C1CCCC1. The third kappa shape index (κ3) is 9.12. The number of aromatic hydroxyl groups is 1. The minimum Gasteiger partial charge on any atom is -0.508 e. The van der Waals surface area contributed by atoms with Crippen molar-refractivity contribution in [3.8, 4) is 5.75 Å². The van der Waals surface area contributed by atoms with Gasteiger partial charge in [-0.15, -0.1) is 0 Å². The summed E-state index contributed by atoms with van der Waals surface area (Å²) in [6, 6.07) is 20.5. The van der Waals surface area contributed by atoms with Gasteiger partial charge in [-0.2, -0.15) is 0 Å². The smallest absolute Gasteiger partial charge is 0.181 e. The van der Waals surface area contributed by atoms with Crippen LogP contribution in [-0.4, -0.2) is 48.7 Å². The summed E-state index contributed by atoms with van der Waals surface area (Å²) in [7, 11) is -3.19. The molecule has 4 N–H and O–H groups in total. The lowest BCUT2D eigenvalue weighted by Crippen LogP contribution is -2.23. The maximum atomic E-state index is 12.7. The Labute approximate surface area is 244 Å². The summed E-state index contributed by atoms with van der Waals surface area (Å²) in [5.41, 5.74) is 4.53. The summed E-state index contributed by atoms with van der Waals surface area (Å²) in [6.07, 6.45) is 6.51. The molecule has 1 aliphatic rings. The Morgan fingerprint density at radius 2 is 1.66 bits per heavy atom. The second-order valence-corrected chi connectivity index (χ2v) is 13.2. The molecule has 0 heterocycles. The van der Waals surface area contributed by atoms with Gasteiger partial charge < -0.3 is 25.4 Å². The molecule has 0 aliphatic heterocycles. The third-order valence-corrected chi connectivity index (χ3v) is 10.1. The Bertz CT molecular complexity index is 1340. The van der Waals surface area contributed by atoms with Gasteiger partial charge in [0, 0.05) is 18.7 Å². The van der Waals surface area contributed by atoms with Crippen LogP contribution in [0.4, 0.5) is 0 Å². The Morgan fingerprint density at radius 1 is 0.902 bits per heavy atom. The van der Waals surface area contributed by atoms with E-state index in [0.717, 1.165) is 62.5 Å². The molecule has 7 nitrogen and oxygen atoms in total. The molecule has 0 spiro atoms. The van der Waals surface area contributed by atoms with Crippen molar-refractivity contribution in [3.63, 3.8) is 0 Å². The molecule has 0 aromatic heterocycles. The number of unbranched alkanes of at least 4 members (excludes halogenated alkanes) is 1. The van der Waals surface area contributed by atoms with Gasteiger partial charge in [-0.1, -0.05) is 55.3 Å². The van der Waals surface area contributed by atoms with Crippen molar-refractivity contribution in [2.45, 2.75) is 80.8 Å². The first-order chi connectivity index (χ1) is 19.9. The topological polar surface area (TPSA) is 116 Å². The number of nitrogens with one attached hydrogen (secondary N) is 1. The van der Waals surface area contributed by atoms with Crippen molar-refractivity contribution in [3.05, 3.63) is 94.5 Å². The molecule has 0 amide bonds. The van der Waals surface area contributed by atoms with Crippen LogP contribution in [0.5, 0.6) is 5.75 Å². The van der Waals surface area contributed by atoms with Gasteiger partial charge in [0.25, 0.3) is 0 Å². The molecular formula is C33H43NO6S. The minimum atomic E-state index is -3.19. The minimum absolute atomic E-state index is 0.0245. The Morgan fingerprint density at radius 3 is 2.41 bits per heavy atom. The normalized spacial score (nSPS) is 14.9. The van der Waals surface area contributed by atoms with Gasteiger partial charge in [0.1, 0.15) is 5.75 Å². The van der Waals surface area contributed by atoms with Crippen LogP contribution in [-0.2, 0) is 40.6 Å². The van der Waals surface area contributed by atoms with Crippen molar-refractivity contribution in [2.75, 3.05) is 19.7 Å². The predicted molar refractivity (Wildman–Crippen MR) is 160 cm³/mol. The standard InChI is InChI=1S/C33H43NO6S/c35-23-29-21-28(13-16-32(29)36)33(37)22-34-18-17-26-7-5-8-27(20-26)24-40-19-4-3-6-25-11-14-31(15-12-25)41(38,39)30-9-1-2-10-30/h5,7-8,11-16,20-21,30,33-37H,1-4,6,9-10,17-19,22-24H2/t33-/m0/s1. The molecule has 0 radical (unpaired) electrons. The van der Waals surface area contributed by atoms with Crippen LogP contribution in [0.2, 0.25) is 0 Å². The molecule has 1 saturated carbocycles. The van der Waals surface area contributed by atoms with E-state index in [1.807, 2.05) is 18.2 Å². The first kappa shape index (κ1) is 31.2.